The summed E-state index contributed by atoms with van der Waals surface area (Å²) in [5, 5.41) is 9.71. The van der Waals surface area contributed by atoms with Gasteiger partial charge in [0.15, 0.2) is 0 Å². The molecule has 1 atom stereocenters. The third kappa shape index (κ3) is 1.96. The molecule has 0 saturated carbocycles. The van der Waals surface area contributed by atoms with Crippen molar-refractivity contribution < 1.29 is 4.74 Å². The van der Waals surface area contributed by atoms with Crippen molar-refractivity contribution in [2.24, 2.45) is 7.05 Å². The van der Waals surface area contributed by atoms with E-state index in [1.54, 1.807) is 23.1 Å². The van der Waals surface area contributed by atoms with Crippen molar-refractivity contribution in [1.29, 1.82) is 0 Å². The predicted molar refractivity (Wildman–Crippen MR) is 65.0 cm³/mol. The summed E-state index contributed by atoms with van der Waals surface area (Å²) in [6.45, 7) is 0. The Morgan fingerprint density at radius 1 is 1.50 bits per heavy atom. The Bertz CT molecular complexity index is 463. The van der Waals surface area contributed by atoms with Crippen LogP contribution in [0.25, 0.3) is 0 Å². The lowest BCUT2D eigenvalue weighted by Crippen LogP contribution is -2.17. The number of thiophene rings is 1. The van der Waals surface area contributed by atoms with Gasteiger partial charge in [0.05, 0.1) is 23.7 Å². The van der Waals surface area contributed by atoms with Gasteiger partial charge in [0.2, 0.25) is 0 Å². The number of methoxy groups -OCH3 is 1. The molecule has 0 radical (unpaired) electrons. The Hall–Kier alpha value is -1.33. The third-order valence-electron chi connectivity index (χ3n) is 2.46. The standard InChI is InChI=1S/C11H15N3OS/c1-12-10(8-4-6-14(2)13-8)11-9(15-3)5-7-16-11/h4-7,10,12H,1-3H3. The van der Waals surface area contributed by atoms with E-state index >= 15 is 0 Å². The van der Waals surface area contributed by atoms with Gasteiger partial charge < -0.3 is 10.1 Å². The summed E-state index contributed by atoms with van der Waals surface area (Å²) in [6.07, 6.45) is 1.94. The zero-order chi connectivity index (χ0) is 11.5. The molecule has 0 fully saturated rings. The molecule has 0 aliphatic carbocycles. The minimum absolute atomic E-state index is 0.0937. The maximum atomic E-state index is 5.33. The highest BCUT2D eigenvalue weighted by molar-refractivity contribution is 7.10. The largest absolute Gasteiger partial charge is 0.496 e. The molecule has 0 saturated heterocycles. The summed E-state index contributed by atoms with van der Waals surface area (Å²) in [6, 6.07) is 4.09. The zero-order valence-corrected chi connectivity index (χ0v) is 10.4. The van der Waals surface area contributed by atoms with Crippen molar-refractivity contribution in [3.63, 3.8) is 0 Å². The third-order valence-corrected chi connectivity index (χ3v) is 3.42. The minimum atomic E-state index is 0.0937. The van der Waals surface area contributed by atoms with Gasteiger partial charge in [-0.15, -0.1) is 11.3 Å². The van der Waals surface area contributed by atoms with E-state index in [4.69, 9.17) is 4.74 Å². The van der Waals surface area contributed by atoms with E-state index in [0.29, 0.717) is 0 Å². The number of nitrogens with zero attached hydrogens (tertiary/aromatic N) is 2. The lowest BCUT2D eigenvalue weighted by atomic mass is 10.1. The molecule has 86 valence electrons. The number of rotatable bonds is 4. The smallest absolute Gasteiger partial charge is 0.134 e. The first-order valence-corrected chi connectivity index (χ1v) is 5.92. The van der Waals surface area contributed by atoms with E-state index in [0.717, 1.165) is 16.3 Å². The minimum Gasteiger partial charge on any atom is -0.496 e. The number of nitrogens with one attached hydrogen (secondary N) is 1. The molecule has 2 rings (SSSR count). The van der Waals surface area contributed by atoms with Gasteiger partial charge in [-0.1, -0.05) is 0 Å². The lowest BCUT2D eigenvalue weighted by Gasteiger charge is -2.13. The summed E-state index contributed by atoms with van der Waals surface area (Å²) < 4.78 is 7.14. The van der Waals surface area contributed by atoms with Crippen LogP contribution in [0.2, 0.25) is 0 Å². The monoisotopic (exact) mass is 237 g/mol. The van der Waals surface area contributed by atoms with Gasteiger partial charge in [0.25, 0.3) is 0 Å². The molecule has 2 aromatic heterocycles. The Morgan fingerprint density at radius 3 is 2.88 bits per heavy atom. The molecule has 0 bridgehead atoms. The van der Waals surface area contributed by atoms with Crippen LogP contribution in [-0.4, -0.2) is 23.9 Å². The zero-order valence-electron chi connectivity index (χ0n) is 9.60. The van der Waals surface area contributed by atoms with Crippen LogP contribution in [0.1, 0.15) is 16.6 Å². The molecule has 0 aliphatic rings. The fourth-order valence-corrected chi connectivity index (χ4v) is 2.67. The fraction of sp³-hybridized carbons (Fsp3) is 0.364. The number of hydrogen-bond acceptors (Lipinski definition) is 4. The summed E-state index contributed by atoms with van der Waals surface area (Å²) in [5.41, 5.74) is 1.01. The molecule has 1 unspecified atom stereocenters. The van der Waals surface area contributed by atoms with Crippen LogP contribution in [0.15, 0.2) is 23.7 Å². The molecular weight excluding hydrogens is 222 g/mol. The van der Waals surface area contributed by atoms with Crippen molar-refractivity contribution in [1.82, 2.24) is 15.1 Å². The Morgan fingerprint density at radius 2 is 2.31 bits per heavy atom. The first-order valence-electron chi connectivity index (χ1n) is 5.04. The topological polar surface area (TPSA) is 39.1 Å². The molecule has 0 amide bonds. The van der Waals surface area contributed by atoms with Crippen molar-refractivity contribution >= 4 is 11.3 Å². The SMILES string of the molecule is CNC(c1ccn(C)n1)c1sccc1OC. The van der Waals surface area contributed by atoms with Crippen molar-refractivity contribution in [2.45, 2.75) is 6.04 Å². The summed E-state index contributed by atoms with van der Waals surface area (Å²) in [5.74, 6) is 0.912. The van der Waals surface area contributed by atoms with Crippen molar-refractivity contribution in [2.75, 3.05) is 14.2 Å². The molecule has 2 aromatic rings. The second-order valence-electron chi connectivity index (χ2n) is 3.49. The summed E-state index contributed by atoms with van der Waals surface area (Å²) in [4.78, 5) is 1.16. The van der Waals surface area contributed by atoms with Crippen LogP contribution in [0.4, 0.5) is 0 Å². The number of ether oxygens (including phenoxy) is 1. The van der Waals surface area contributed by atoms with E-state index in [2.05, 4.69) is 10.4 Å². The van der Waals surface area contributed by atoms with Crippen molar-refractivity contribution in [3.05, 3.63) is 34.3 Å². The van der Waals surface area contributed by atoms with E-state index in [9.17, 15) is 0 Å². The van der Waals surface area contributed by atoms with Crippen LogP contribution in [0.5, 0.6) is 5.75 Å². The van der Waals surface area contributed by atoms with Gasteiger partial charge in [-0.05, 0) is 24.6 Å². The highest BCUT2D eigenvalue weighted by Gasteiger charge is 2.19. The van der Waals surface area contributed by atoms with Gasteiger partial charge in [-0.25, -0.2) is 0 Å². The van der Waals surface area contributed by atoms with E-state index < -0.39 is 0 Å². The molecule has 2 heterocycles. The van der Waals surface area contributed by atoms with Crippen LogP contribution in [-0.2, 0) is 7.05 Å². The van der Waals surface area contributed by atoms with E-state index in [-0.39, 0.29) is 6.04 Å². The number of hydrogen-bond donors (Lipinski definition) is 1. The molecule has 4 nitrogen and oxygen atoms in total. The van der Waals surface area contributed by atoms with Gasteiger partial charge in [-0.2, -0.15) is 5.10 Å². The Balaban J connectivity index is 2.36. The maximum Gasteiger partial charge on any atom is 0.134 e. The van der Waals surface area contributed by atoms with Crippen LogP contribution in [0.3, 0.4) is 0 Å². The molecule has 16 heavy (non-hydrogen) atoms. The van der Waals surface area contributed by atoms with E-state index in [1.165, 1.54) is 0 Å². The van der Waals surface area contributed by atoms with Gasteiger partial charge >= 0.3 is 0 Å². The molecule has 0 aromatic carbocycles. The lowest BCUT2D eigenvalue weighted by molar-refractivity contribution is 0.408. The molecule has 0 aliphatic heterocycles. The Labute approximate surface area is 98.9 Å². The van der Waals surface area contributed by atoms with Crippen molar-refractivity contribution in [3.8, 4) is 5.75 Å². The molecule has 0 spiro atoms. The van der Waals surface area contributed by atoms with Crippen LogP contribution < -0.4 is 10.1 Å². The van der Waals surface area contributed by atoms with Crippen LogP contribution >= 0.6 is 11.3 Å². The fourth-order valence-electron chi connectivity index (χ4n) is 1.69. The van der Waals surface area contributed by atoms with Gasteiger partial charge in [0.1, 0.15) is 5.75 Å². The maximum absolute atomic E-state index is 5.33. The number of aromatic nitrogens is 2. The second kappa shape index (κ2) is 4.67. The first-order chi connectivity index (χ1) is 7.76. The first kappa shape index (κ1) is 11.2. The highest BCUT2D eigenvalue weighted by Crippen LogP contribution is 2.33. The highest BCUT2D eigenvalue weighted by atomic mass is 32.1. The second-order valence-corrected chi connectivity index (χ2v) is 4.44. The predicted octanol–water partition coefficient (Wildman–Crippen LogP) is 1.80. The quantitative estimate of drug-likeness (QED) is 0.881. The Kier molecular flexibility index (Phi) is 3.26. The van der Waals surface area contributed by atoms with E-state index in [1.807, 2.05) is 37.8 Å². The van der Waals surface area contributed by atoms with Gasteiger partial charge in [0, 0.05) is 13.2 Å². The van der Waals surface area contributed by atoms with Crippen LogP contribution in [0, 0.1) is 0 Å². The average Bonchev–Trinajstić information content (AvgIpc) is 2.89. The summed E-state index contributed by atoms with van der Waals surface area (Å²) in [7, 11) is 5.54. The normalized spacial score (nSPS) is 12.7. The molecule has 5 heteroatoms. The molecule has 1 N–H and O–H groups in total. The summed E-state index contributed by atoms with van der Waals surface area (Å²) >= 11 is 1.67. The number of aryl methyl sites for hydroxylation is 1. The average molecular weight is 237 g/mol. The molecular formula is C11H15N3OS. The van der Waals surface area contributed by atoms with Gasteiger partial charge in [-0.3, -0.25) is 4.68 Å².